The monoisotopic (exact) mass is 567 g/mol. The molecular formula is C28H31N5O6S. The van der Waals surface area contributed by atoms with Gasteiger partial charge in [0.1, 0.15) is 6.61 Å². The SMILES string of the molecule is [2H]C([2H])(C)Oc1ccccc1Oc1c(NS(=O)(=O)c2ccc(C(C)(C)C)cc2)nc(-c2ncccn2)nc1OCCO. The van der Waals surface area contributed by atoms with Crippen molar-refractivity contribution in [2.75, 3.05) is 24.5 Å². The van der Waals surface area contributed by atoms with Gasteiger partial charge in [-0.15, -0.1) is 0 Å². The van der Waals surface area contributed by atoms with Gasteiger partial charge in [-0.25, -0.2) is 23.4 Å². The molecule has 0 bridgehead atoms. The van der Waals surface area contributed by atoms with Gasteiger partial charge in [-0.05, 0) is 48.2 Å². The lowest BCUT2D eigenvalue weighted by molar-refractivity contribution is 0.192. The summed E-state index contributed by atoms with van der Waals surface area (Å²) in [4.78, 5) is 17.0. The van der Waals surface area contributed by atoms with Crippen LogP contribution in [0.1, 0.15) is 36.0 Å². The zero-order valence-corrected chi connectivity index (χ0v) is 23.3. The van der Waals surface area contributed by atoms with Crippen LogP contribution in [0.5, 0.6) is 23.1 Å². The highest BCUT2D eigenvalue weighted by Crippen LogP contribution is 2.41. The maximum absolute atomic E-state index is 13.6. The summed E-state index contributed by atoms with van der Waals surface area (Å²) in [6.45, 7) is 4.64. The van der Waals surface area contributed by atoms with E-state index in [0.717, 1.165) is 5.56 Å². The molecule has 12 heteroatoms. The number of aliphatic hydroxyl groups is 1. The fraction of sp³-hybridized carbons (Fsp3) is 0.286. The van der Waals surface area contributed by atoms with Crippen molar-refractivity contribution in [3.8, 4) is 34.8 Å². The van der Waals surface area contributed by atoms with Gasteiger partial charge >= 0.3 is 0 Å². The van der Waals surface area contributed by atoms with E-state index in [-0.39, 0.29) is 64.1 Å². The molecule has 0 atom stereocenters. The van der Waals surface area contributed by atoms with Gasteiger partial charge in [-0.3, -0.25) is 4.72 Å². The molecule has 2 N–H and O–H groups in total. The average molecular weight is 568 g/mol. The third kappa shape index (κ3) is 6.82. The van der Waals surface area contributed by atoms with E-state index in [2.05, 4.69) is 24.7 Å². The van der Waals surface area contributed by atoms with Crippen LogP contribution in [-0.4, -0.2) is 53.2 Å². The smallest absolute Gasteiger partial charge is 0.263 e. The second-order valence-corrected chi connectivity index (χ2v) is 11.1. The number of aromatic nitrogens is 4. The Morgan fingerprint density at radius 2 is 1.60 bits per heavy atom. The van der Waals surface area contributed by atoms with Gasteiger partial charge in [0.2, 0.25) is 11.6 Å². The molecule has 2 heterocycles. The summed E-state index contributed by atoms with van der Waals surface area (Å²) in [6.07, 6.45) is 2.94. The third-order valence-corrected chi connectivity index (χ3v) is 6.82. The fourth-order valence-electron chi connectivity index (χ4n) is 3.50. The lowest BCUT2D eigenvalue weighted by atomic mass is 9.87. The molecule has 0 radical (unpaired) electrons. The van der Waals surface area contributed by atoms with Crippen LogP contribution >= 0.6 is 0 Å². The first-order valence-corrected chi connectivity index (χ1v) is 13.8. The first kappa shape index (κ1) is 26.0. The van der Waals surface area contributed by atoms with Crippen molar-refractivity contribution in [3.05, 3.63) is 72.6 Å². The highest BCUT2D eigenvalue weighted by atomic mass is 32.2. The Morgan fingerprint density at radius 3 is 2.23 bits per heavy atom. The van der Waals surface area contributed by atoms with Crippen LogP contribution in [0.3, 0.4) is 0 Å². The topological polar surface area (TPSA) is 146 Å². The zero-order valence-electron chi connectivity index (χ0n) is 24.5. The number of para-hydroxylation sites is 2. The van der Waals surface area contributed by atoms with Crippen molar-refractivity contribution in [2.24, 2.45) is 0 Å². The van der Waals surface area contributed by atoms with E-state index in [9.17, 15) is 13.5 Å². The van der Waals surface area contributed by atoms with Gasteiger partial charge in [0.05, 0.1) is 20.8 Å². The van der Waals surface area contributed by atoms with Gasteiger partial charge < -0.3 is 19.3 Å². The van der Waals surface area contributed by atoms with Gasteiger partial charge in [0, 0.05) is 12.4 Å². The molecule has 0 aliphatic heterocycles. The summed E-state index contributed by atoms with van der Waals surface area (Å²) in [5.41, 5.74) is 0.763. The molecule has 0 unspecified atom stereocenters. The van der Waals surface area contributed by atoms with Gasteiger partial charge in [0.25, 0.3) is 15.9 Å². The second-order valence-electron chi connectivity index (χ2n) is 9.41. The predicted octanol–water partition coefficient (Wildman–Crippen LogP) is 4.59. The molecule has 2 aromatic carbocycles. The lowest BCUT2D eigenvalue weighted by Crippen LogP contribution is -2.17. The number of hydrogen-bond donors (Lipinski definition) is 2. The van der Waals surface area contributed by atoms with E-state index in [0.29, 0.717) is 0 Å². The van der Waals surface area contributed by atoms with Crippen LogP contribution < -0.4 is 18.9 Å². The van der Waals surface area contributed by atoms with Crippen LogP contribution in [-0.2, 0) is 15.4 Å². The Morgan fingerprint density at radius 1 is 0.925 bits per heavy atom. The third-order valence-electron chi connectivity index (χ3n) is 5.47. The quantitative estimate of drug-likeness (QED) is 0.264. The number of ether oxygens (including phenoxy) is 3. The lowest BCUT2D eigenvalue weighted by Gasteiger charge is -2.20. The molecule has 0 aliphatic carbocycles. The molecular weight excluding hydrogens is 534 g/mol. The highest BCUT2D eigenvalue weighted by molar-refractivity contribution is 7.92. The molecule has 40 heavy (non-hydrogen) atoms. The maximum atomic E-state index is 13.6. The molecule has 4 aromatic rings. The van der Waals surface area contributed by atoms with Crippen molar-refractivity contribution in [1.82, 2.24) is 19.9 Å². The van der Waals surface area contributed by atoms with E-state index >= 15 is 0 Å². The van der Waals surface area contributed by atoms with Gasteiger partial charge in [-0.2, -0.15) is 4.98 Å². The Kier molecular flexibility index (Phi) is 7.96. The molecule has 0 spiro atoms. The van der Waals surface area contributed by atoms with E-state index in [1.807, 2.05) is 20.8 Å². The number of aliphatic hydroxyl groups excluding tert-OH is 1. The Bertz CT molecular complexity index is 1630. The Hall–Kier alpha value is -4.29. The number of sulfonamides is 1. The molecule has 210 valence electrons. The summed E-state index contributed by atoms with van der Waals surface area (Å²) < 4.78 is 62.4. The molecule has 4 rings (SSSR count). The average Bonchev–Trinajstić information content (AvgIpc) is 2.93. The molecule has 0 fully saturated rings. The number of benzene rings is 2. The maximum Gasteiger partial charge on any atom is 0.263 e. The minimum absolute atomic E-state index is 0.0272. The first-order chi connectivity index (χ1) is 19.8. The van der Waals surface area contributed by atoms with Crippen LogP contribution in [0.15, 0.2) is 71.9 Å². The van der Waals surface area contributed by atoms with Crippen LogP contribution in [0, 0.1) is 0 Å². The molecule has 0 saturated carbocycles. The second kappa shape index (κ2) is 12.3. The number of hydrogen-bond acceptors (Lipinski definition) is 10. The summed E-state index contributed by atoms with van der Waals surface area (Å²) in [7, 11) is -4.22. The number of nitrogens with zero attached hydrogens (tertiary/aromatic N) is 4. The predicted molar refractivity (Wildman–Crippen MR) is 149 cm³/mol. The van der Waals surface area contributed by atoms with Crippen molar-refractivity contribution in [3.63, 3.8) is 0 Å². The molecule has 0 aliphatic rings. The largest absolute Gasteiger partial charge is 0.490 e. The first-order valence-electron chi connectivity index (χ1n) is 13.3. The minimum Gasteiger partial charge on any atom is -0.490 e. The van der Waals surface area contributed by atoms with Crippen molar-refractivity contribution >= 4 is 15.8 Å². The summed E-state index contributed by atoms with van der Waals surface area (Å²) in [5, 5.41) is 9.44. The zero-order chi connectivity index (χ0) is 30.5. The summed E-state index contributed by atoms with van der Waals surface area (Å²) in [6, 6.07) is 14.3. The fourth-order valence-corrected chi connectivity index (χ4v) is 4.51. The van der Waals surface area contributed by atoms with E-state index in [1.165, 1.54) is 43.6 Å². The van der Waals surface area contributed by atoms with Gasteiger partial charge in [-0.1, -0.05) is 45.0 Å². The number of anilines is 1. The van der Waals surface area contributed by atoms with Crippen molar-refractivity contribution in [1.29, 1.82) is 0 Å². The Balaban J connectivity index is 1.86. The standard InChI is InChI=1S/C28H31N5O6S/c1-5-37-21-9-6-7-10-22(21)39-23-24(33-40(35,36)20-13-11-19(12-14-20)28(2,3)4)31-26(25-29-15-8-16-30-25)32-27(23)38-18-17-34/h6-16,34H,5,17-18H2,1-4H3,(H,31,32,33)/i5D2. The normalized spacial score (nSPS) is 12.7. The minimum atomic E-state index is -4.22. The van der Waals surface area contributed by atoms with E-state index in [1.54, 1.807) is 30.3 Å². The Labute approximate surface area is 236 Å². The molecule has 2 aromatic heterocycles. The van der Waals surface area contributed by atoms with Crippen molar-refractivity contribution < 1.29 is 30.5 Å². The van der Waals surface area contributed by atoms with Gasteiger partial charge in [0.15, 0.2) is 23.1 Å². The molecule has 0 saturated heterocycles. The summed E-state index contributed by atoms with van der Waals surface area (Å²) >= 11 is 0. The number of nitrogens with one attached hydrogen (secondary N) is 1. The summed E-state index contributed by atoms with van der Waals surface area (Å²) in [5.74, 6) is -0.738. The van der Waals surface area contributed by atoms with Crippen LogP contribution in [0.2, 0.25) is 0 Å². The van der Waals surface area contributed by atoms with Crippen LogP contribution in [0.4, 0.5) is 5.82 Å². The highest BCUT2D eigenvalue weighted by Gasteiger charge is 2.26. The van der Waals surface area contributed by atoms with E-state index < -0.39 is 16.6 Å². The van der Waals surface area contributed by atoms with E-state index in [4.69, 9.17) is 17.0 Å². The van der Waals surface area contributed by atoms with Crippen molar-refractivity contribution in [2.45, 2.75) is 38.0 Å². The van der Waals surface area contributed by atoms with Crippen LogP contribution in [0.25, 0.3) is 11.6 Å². The molecule has 11 nitrogen and oxygen atoms in total. The molecule has 0 amide bonds. The number of rotatable bonds is 11.